The molecule has 80 valence electrons. The molecular formula is C9H13Cl2NOS. The van der Waals surface area contributed by atoms with Gasteiger partial charge in [-0.15, -0.1) is 11.3 Å². The second kappa shape index (κ2) is 5.33. The zero-order valence-corrected chi connectivity index (χ0v) is 10.5. The normalized spacial score (nSPS) is 13.6. The summed E-state index contributed by atoms with van der Waals surface area (Å²) in [6.07, 6.45) is 0.147. The highest BCUT2D eigenvalue weighted by atomic mass is 35.5. The van der Waals surface area contributed by atoms with Crippen molar-refractivity contribution in [2.75, 3.05) is 20.6 Å². The number of halogens is 2. The Balaban J connectivity index is 2.60. The molecule has 1 aromatic rings. The van der Waals surface area contributed by atoms with E-state index in [1.54, 1.807) is 6.07 Å². The van der Waals surface area contributed by atoms with E-state index < -0.39 is 6.10 Å². The molecule has 0 saturated carbocycles. The summed E-state index contributed by atoms with van der Waals surface area (Å²) in [4.78, 5) is 2.02. The number of aliphatic hydroxyl groups excluding tert-OH is 1. The summed E-state index contributed by atoms with van der Waals surface area (Å²) < 4.78 is 1.20. The lowest BCUT2D eigenvalue weighted by molar-refractivity contribution is 0.155. The van der Waals surface area contributed by atoms with Crippen molar-refractivity contribution >= 4 is 34.5 Å². The Bertz CT molecular complexity index is 301. The molecule has 2 nitrogen and oxygen atoms in total. The Morgan fingerprint density at radius 3 is 2.57 bits per heavy atom. The molecule has 0 bridgehead atoms. The minimum absolute atomic E-state index is 0.520. The van der Waals surface area contributed by atoms with Crippen LogP contribution < -0.4 is 0 Å². The minimum Gasteiger partial charge on any atom is -0.388 e. The first-order valence-electron chi connectivity index (χ1n) is 4.28. The van der Waals surface area contributed by atoms with Crippen molar-refractivity contribution in [2.24, 2.45) is 0 Å². The van der Waals surface area contributed by atoms with E-state index >= 15 is 0 Å². The minimum atomic E-state index is -0.520. The van der Waals surface area contributed by atoms with Crippen molar-refractivity contribution in [3.05, 3.63) is 20.3 Å². The molecule has 1 rings (SSSR count). The molecule has 0 aliphatic carbocycles. The van der Waals surface area contributed by atoms with Crippen LogP contribution in [0.3, 0.4) is 0 Å². The predicted octanol–water partition coefficient (Wildman–Crippen LogP) is 3.04. The zero-order valence-electron chi connectivity index (χ0n) is 8.13. The van der Waals surface area contributed by atoms with E-state index in [1.165, 1.54) is 11.3 Å². The van der Waals surface area contributed by atoms with E-state index in [2.05, 4.69) is 0 Å². The highest BCUT2D eigenvalue weighted by molar-refractivity contribution is 7.20. The summed E-state index contributed by atoms with van der Waals surface area (Å²) in [7, 11) is 3.93. The van der Waals surface area contributed by atoms with Crippen LogP contribution >= 0.6 is 34.5 Å². The van der Waals surface area contributed by atoms with Gasteiger partial charge in [-0.1, -0.05) is 23.2 Å². The summed E-state index contributed by atoms with van der Waals surface area (Å²) in [5.74, 6) is 0. The van der Waals surface area contributed by atoms with Crippen LogP contribution in [0, 0.1) is 0 Å². The zero-order chi connectivity index (χ0) is 10.7. The quantitative estimate of drug-likeness (QED) is 0.892. The van der Waals surface area contributed by atoms with Gasteiger partial charge in [0.15, 0.2) is 0 Å². The molecule has 1 N–H and O–H groups in total. The fourth-order valence-corrected chi connectivity index (χ4v) is 2.68. The van der Waals surface area contributed by atoms with Crippen LogP contribution in [-0.4, -0.2) is 30.6 Å². The molecule has 0 aromatic carbocycles. The van der Waals surface area contributed by atoms with E-state index in [0.29, 0.717) is 15.1 Å². The molecular weight excluding hydrogens is 241 g/mol. The number of hydrogen-bond donors (Lipinski definition) is 1. The van der Waals surface area contributed by atoms with Crippen molar-refractivity contribution in [3.8, 4) is 0 Å². The Labute approximate surface area is 98.1 Å². The second-order valence-electron chi connectivity index (χ2n) is 3.39. The molecule has 0 fully saturated rings. The Hall–Kier alpha value is 0.200. The van der Waals surface area contributed by atoms with Crippen LogP contribution in [0.15, 0.2) is 6.07 Å². The first kappa shape index (κ1) is 12.3. The third-order valence-electron chi connectivity index (χ3n) is 1.89. The van der Waals surface area contributed by atoms with E-state index in [4.69, 9.17) is 23.2 Å². The van der Waals surface area contributed by atoms with Crippen molar-refractivity contribution in [1.29, 1.82) is 0 Å². The van der Waals surface area contributed by atoms with Gasteiger partial charge in [-0.3, -0.25) is 0 Å². The van der Waals surface area contributed by atoms with Gasteiger partial charge in [0.05, 0.1) is 10.4 Å². The fraction of sp³-hybridized carbons (Fsp3) is 0.556. The van der Waals surface area contributed by atoms with Gasteiger partial charge in [-0.2, -0.15) is 0 Å². The molecule has 14 heavy (non-hydrogen) atoms. The SMILES string of the molecule is CN(C)CC[C@@H](O)c1cc(Cl)sc1Cl. The third-order valence-corrected chi connectivity index (χ3v) is 3.41. The van der Waals surface area contributed by atoms with Crippen molar-refractivity contribution in [3.63, 3.8) is 0 Å². The van der Waals surface area contributed by atoms with Gasteiger partial charge in [0.2, 0.25) is 0 Å². The molecule has 5 heteroatoms. The summed E-state index contributed by atoms with van der Waals surface area (Å²) in [6.45, 7) is 0.824. The van der Waals surface area contributed by atoms with Crippen molar-refractivity contribution in [1.82, 2.24) is 4.90 Å². The second-order valence-corrected chi connectivity index (χ2v) is 5.67. The van der Waals surface area contributed by atoms with Crippen molar-refractivity contribution < 1.29 is 5.11 Å². The smallest absolute Gasteiger partial charge is 0.100 e. The van der Waals surface area contributed by atoms with Gasteiger partial charge in [0.25, 0.3) is 0 Å². The maximum atomic E-state index is 9.80. The standard InChI is InChI=1S/C9H13Cl2NOS/c1-12(2)4-3-7(13)6-5-8(10)14-9(6)11/h5,7,13H,3-4H2,1-2H3/t7-/m1/s1. The van der Waals surface area contributed by atoms with Gasteiger partial charge in [-0.25, -0.2) is 0 Å². The third kappa shape index (κ3) is 3.41. The summed E-state index contributed by atoms with van der Waals surface area (Å²) >= 11 is 13.0. The summed E-state index contributed by atoms with van der Waals surface area (Å²) in [5, 5.41) is 9.80. The molecule has 0 amide bonds. The molecule has 0 aliphatic rings. The lowest BCUT2D eigenvalue weighted by Gasteiger charge is -2.13. The highest BCUT2D eigenvalue weighted by Crippen LogP contribution is 2.35. The maximum absolute atomic E-state index is 9.80. The van der Waals surface area contributed by atoms with Gasteiger partial charge >= 0.3 is 0 Å². The Kier molecular flexibility index (Phi) is 4.67. The van der Waals surface area contributed by atoms with Gasteiger partial charge in [0, 0.05) is 12.1 Å². The molecule has 1 atom stereocenters. The molecule has 0 saturated heterocycles. The van der Waals surface area contributed by atoms with Crippen LogP contribution in [0.4, 0.5) is 0 Å². The molecule has 0 aliphatic heterocycles. The van der Waals surface area contributed by atoms with Crippen LogP contribution in [0.25, 0.3) is 0 Å². The number of rotatable bonds is 4. The highest BCUT2D eigenvalue weighted by Gasteiger charge is 2.14. The molecule has 1 aromatic heterocycles. The van der Waals surface area contributed by atoms with Gasteiger partial charge in [-0.05, 0) is 26.6 Å². The van der Waals surface area contributed by atoms with E-state index in [9.17, 15) is 5.11 Å². The molecule has 0 spiro atoms. The Morgan fingerprint density at radius 2 is 2.14 bits per heavy atom. The average molecular weight is 254 g/mol. The number of nitrogens with zero attached hydrogens (tertiary/aromatic N) is 1. The lowest BCUT2D eigenvalue weighted by atomic mass is 10.1. The topological polar surface area (TPSA) is 23.5 Å². The predicted molar refractivity (Wildman–Crippen MR) is 62.5 cm³/mol. The van der Waals surface area contributed by atoms with E-state index in [0.717, 1.165) is 12.1 Å². The van der Waals surface area contributed by atoms with Gasteiger partial charge < -0.3 is 10.0 Å². The molecule has 0 unspecified atom stereocenters. The number of aliphatic hydroxyl groups is 1. The van der Waals surface area contributed by atoms with Crippen LogP contribution in [0.2, 0.25) is 8.67 Å². The number of thiophene rings is 1. The summed E-state index contributed by atoms with van der Waals surface area (Å²) in [5.41, 5.74) is 0.739. The summed E-state index contributed by atoms with van der Waals surface area (Å²) in [6, 6.07) is 1.73. The first-order chi connectivity index (χ1) is 6.50. The first-order valence-corrected chi connectivity index (χ1v) is 5.85. The lowest BCUT2D eigenvalue weighted by Crippen LogP contribution is -2.15. The van der Waals surface area contributed by atoms with Crippen molar-refractivity contribution in [2.45, 2.75) is 12.5 Å². The van der Waals surface area contributed by atoms with Crippen LogP contribution in [0.5, 0.6) is 0 Å². The molecule has 0 radical (unpaired) electrons. The maximum Gasteiger partial charge on any atom is 0.100 e. The van der Waals surface area contributed by atoms with E-state index in [1.807, 2.05) is 19.0 Å². The molecule has 1 heterocycles. The van der Waals surface area contributed by atoms with Crippen LogP contribution in [-0.2, 0) is 0 Å². The Morgan fingerprint density at radius 1 is 1.50 bits per heavy atom. The average Bonchev–Trinajstić information content (AvgIpc) is 2.41. The van der Waals surface area contributed by atoms with Gasteiger partial charge in [0.1, 0.15) is 4.34 Å². The van der Waals surface area contributed by atoms with Crippen LogP contribution in [0.1, 0.15) is 18.1 Å². The monoisotopic (exact) mass is 253 g/mol. The number of hydrogen-bond acceptors (Lipinski definition) is 3. The fourth-order valence-electron chi connectivity index (χ4n) is 1.12. The van der Waals surface area contributed by atoms with E-state index in [-0.39, 0.29) is 0 Å². The largest absolute Gasteiger partial charge is 0.388 e.